The van der Waals surface area contributed by atoms with Crippen LogP contribution >= 0.6 is 69.6 Å². The summed E-state index contributed by atoms with van der Waals surface area (Å²) in [6.45, 7) is 2.24. The van der Waals surface area contributed by atoms with E-state index < -0.39 is 47.3 Å². The molecule has 5 aromatic carbocycles. The van der Waals surface area contributed by atoms with Crippen molar-refractivity contribution in [1.82, 2.24) is 0 Å². The van der Waals surface area contributed by atoms with E-state index in [4.69, 9.17) is 69.6 Å². The highest BCUT2D eigenvalue weighted by atomic mass is 35.5. The number of alkyl halides is 2. The smallest absolute Gasteiger partial charge is 0.258 e. The maximum atomic E-state index is 13.3. The van der Waals surface area contributed by atoms with Crippen LogP contribution in [-0.4, -0.2) is 59.0 Å². The number of amides is 4. The minimum Gasteiger partial charge on any atom is -0.322 e. The number of hydrogen-bond donors (Lipinski definition) is 4. The molecule has 0 saturated heterocycles. The molecule has 0 bridgehead atoms. The van der Waals surface area contributed by atoms with E-state index in [-0.39, 0.29) is 54.0 Å². The zero-order chi connectivity index (χ0) is 46.5. The van der Waals surface area contributed by atoms with Gasteiger partial charge in [-0.2, -0.15) is 20.5 Å². The van der Waals surface area contributed by atoms with Gasteiger partial charge in [-0.25, -0.2) is 0 Å². The average molecular weight is 986 g/mol. The van der Waals surface area contributed by atoms with Crippen LogP contribution in [0.3, 0.4) is 0 Å². The SMILES string of the molecule is CC(=O)C(N=Nc1cccc(C(=O)Nc2cccc(CCCl)c2)c1Cl)C(=O)Nc1cc(Cl)c(NC(=O)C(N=Nc2cccc(C(=O)Nc3cccc(CCCl)c3)c2Cl)C(C)=O)cc1Cl. The Morgan fingerprint density at radius 2 is 0.891 bits per heavy atom. The minimum absolute atomic E-state index is 0.00839. The third-order valence-electron chi connectivity index (χ3n) is 8.98. The number of carbonyl (C=O) groups excluding carboxylic acids is 6. The van der Waals surface area contributed by atoms with E-state index in [0.29, 0.717) is 36.0 Å². The normalized spacial score (nSPS) is 12.1. The highest BCUT2D eigenvalue weighted by Gasteiger charge is 2.27. The van der Waals surface area contributed by atoms with Crippen LogP contribution in [0.1, 0.15) is 45.7 Å². The fraction of sp³-hybridized carbons (Fsp3) is 0.182. The molecule has 64 heavy (non-hydrogen) atoms. The molecule has 0 heterocycles. The summed E-state index contributed by atoms with van der Waals surface area (Å²) >= 11 is 37.7. The fourth-order valence-corrected chi connectivity index (χ4v) is 7.14. The Labute approximate surface area is 397 Å². The van der Waals surface area contributed by atoms with Gasteiger partial charge in [0.05, 0.1) is 42.6 Å². The number of Topliss-reactive ketones (excluding diaryl/α,β-unsaturated/α-hetero) is 2. The van der Waals surface area contributed by atoms with Crippen LogP contribution in [0.2, 0.25) is 20.1 Å². The van der Waals surface area contributed by atoms with Crippen molar-refractivity contribution in [2.24, 2.45) is 20.5 Å². The van der Waals surface area contributed by atoms with Gasteiger partial charge in [-0.15, -0.1) is 23.2 Å². The molecule has 0 aliphatic carbocycles. The van der Waals surface area contributed by atoms with E-state index in [2.05, 4.69) is 41.7 Å². The lowest BCUT2D eigenvalue weighted by atomic mass is 10.1. The van der Waals surface area contributed by atoms with Crippen LogP contribution in [0.15, 0.2) is 118 Å². The topological polar surface area (TPSA) is 200 Å². The zero-order valence-electron chi connectivity index (χ0n) is 33.7. The molecule has 0 aliphatic rings. The van der Waals surface area contributed by atoms with Crippen LogP contribution in [0.25, 0.3) is 0 Å². The Morgan fingerprint density at radius 3 is 1.25 bits per heavy atom. The lowest BCUT2D eigenvalue weighted by molar-refractivity contribution is -0.127. The highest BCUT2D eigenvalue weighted by molar-refractivity contribution is 6.39. The van der Waals surface area contributed by atoms with Gasteiger partial charge in [0.25, 0.3) is 23.6 Å². The van der Waals surface area contributed by atoms with Gasteiger partial charge in [0, 0.05) is 23.1 Å². The van der Waals surface area contributed by atoms with Crippen molar-refractivity contribution in [2.45, 2.75) is 38.8 Å². The fourth-order valence-electron chi connectivity index (χ4n) is 5.79. The van der Waals surface area contributed by atoms with Gasteiger partial charge < -0.3 is 21.3 Å². The summed E-state index contributed by atoms with van der Waals surface area (Å²) in [7, 11) is 0. The highest BCUT2D eigenvalue weighted by Crippen LogP contribution is 2.35. The first-order chi connectivity index (χ1) is 30.6. The van der Waals surface area contributed by atoms with Crippen LogP contribution in [-0.2, 0) is 32.0 Å². The summed E-state index contributed by atoms with van der Waals surface area (Å²) in [4.78, 5) is 78.0. The van der Waals surface area contributed by atoms with E-state index in [9.17, 15) is 28.8 Å². The van der Waals surface area contributed by atoms with Gasteiger partial charge in [-0.3, -0.25) is 28.8 Å². The molecule has 4 amide bonds. The van der Waals surface area contributed by atoms with Crippen molar-refractivity contribution >= 4 is 139 Å². The number of nitrogens with one attached hydrogen (secondary N) is 4. The number of halogens is 6. The molecule has 0 aromatic heterocycles. The van der Waals surface area contributed by atoms with Crippen molar-refractivity contribution in [2.75, 3.05) is 33.0 Å². The molecule has 0 saturated carbocycles. The van der Waals surface area contributed by atoms with E-state index in [1.807, 2.05) is 12.1 Å². The molecule has 0 spiro atoms. The number of anilines is 4. The molecule has 330 valence electrons. The number of carbonyl (C=O) groups is 6. The first kappa shape index (κ1) is 49.3. The summed E-state index contributed by atoms with van der Waals surface area (Å²) in [5, 5.41) is 25.9. The molecule has 2 atom stereocenters. The van der Waals surface area contributed by atoms with Crippen molar-refractivity contribution in [1.29, 1.82) is 0 Å². The molecule has 0 aliphatic heterocycles. The third-order valence-corrected chi connectivity index (χ3v) is 10.8. The molecule has 0 radical (unpaired) electrons. The first-order valence-electron chi connectivity index (χ1n) is 19.0. The Balaban J connectivity index is 1.25. The Kier molecular flexibility index (Phi) is 17.9. The van der Waals surface area contributed by atoms with Crippen LogP contribution in [0, 0.1) is 0 Å². The maximum absolute atomic E-state index is 13.3. The van der Waals surface area contributed by atoms with Crippen LogP contribution in [0.4, 0.5) is 34.1 Å². The second kappa shape index (κ2) is 23.3. The van der Waals surface area contributed by atoms with Crippen LogP contribution < -0.4 is 21.3 Å². The van der Waals surface area contributed by atoms with E-state index in [1.54, 1.807) is 36.4 Å². The summed E-state index contributed by atoms with van der Waals surface area (Å²) in [6.07, 6.45) is 1.22. The number of azo groups is 2. The number of benzene rings is 5. The summed E-state index contributed by atoms with van der Waals surface area (Å²) < 4.78 is 0. The third kappa shape index (κ3) is 13.2. The largest absolute Gasteiger partial charge is 0.322 e. The second-order valence-corrected chi connectivity index (χ2v) is 16.0. The summed E-state index contributed by atoms with van der Waals surface area (Å²) in [5.74, 6) is -3.52. The average Bonchev–Trinajstić information content (AvgIpc) is 3.24. The van der Waals surface area contributed by atoms with Crippen molar-refractivity contribution in [3.63, 3.8) is 0 Å². The van der Waals surface area contributed by atoms with Gasteiger partial charge in [0.1, 0.15) is 11.4 Å². The number of ketones is 2. The van der Waals surface area contributed by atoms with E-state index in [0.717, 1.165) is 25.0 Å². The summed E-state index contributed by atoms with van der Waals surface area (Å²) in [5.41, 5.74) is 2.92. The number of aryl methyl sites for hydroxylation is 2. The molecule has 0 fully saturated rings. The quantitative estimate of drug-likeness (QED) is 0.0382. The van der Waals surface area contributed by atoms with Gasteiger partial charge in [-0.05, 0) is 98.5 Å². The molecule has 5 aromatic rings. The van der Waals surface area contributed by atoms with E-state index >= 15 is 0 Å². The van der Waals surface area contributed by atoms with Gasteiger partial charge in [0.2, 0.25) is 12.1 Å². The molecular formula is C44H36Cl6N8O6. The monoisotopic (exact) mass is 982 g/mol. The van der Waals surface area contributed by atoms with Gasteiger partial charge >= 0.3 is 0 Å². The van der Waals surface area contributed by atoms with Crippen LogP contribution in [0.5, 0.6) is 0 Å². The lowest BCUT2D eigenvalue weighted by Gasteiger charge is -2.15. The zero-order valence-corrected chi connectivity index (χ0v) is 38.3. The first-order valence-corrected chi connectivity index (χ1v) is 21.6. The Hall–Kier alpha value is -5.74. The molecule has 14 nitrogen and oxygen atoms in total. The number of rotatable bonds is 18. The molecule has 20 heteroatoms. The Bertz CT molecular complexity index is 2500. The number of nitrogens with zero attached hydrogens (tertiary/aromatic N) is 4. The predicted molar refractivity (Wildman–Crippen MR) is 252 cm³/mol. The lowest BCUT2D eigenvalue weighted by Crippen LogP contribution is -2.32. The Morgan fingerprint density at radius 1 is 0.516 bits per heavy atom. The number of hydrogen-bond acceptors (Lipinski definition) is 10. The van der Waals surface area contributed by atoms with Crippen molar-refractivity contribution < 1.29 is 28.8 Å². The molecule has 4 N–H and O–H groups in total. The van der Waals surface area contributed by atoms with Crippen molar-refractivity contribution in [3.05, 3.63) is 139 Å². The maximum Gasteiger partial charge on any atom is 0.258 e. The van der Waals surface area contributed by atoms with Gasteiger partial charge in [-0.1, -0.05) is 82.8 Å². The molecule has 2 unspecified atom stereocenters. The van der Waals surface area contributed by atoms with Crippen molar-refractivity contribution in [3.8, 4) is 0 Å². The summed E-state index contributed by atoms with van der Waals surface area (Å²) in [6, 6.07) is 22.2. The molecular weight excluding hydrogens is 949 g/mol. The minimum atomic E-state index is -1.68. The molecule has 5 rings (SSSR count). The predicted octanol–water partition coefficient (Wildman–Crippen LogP) is 11.7. The van der Waals surface area contributed by atoms with Gasteiger partial charge in [0.15, 0.2) is 11.6 Å². The van der Waals surface area contributed by atoms with E-state index in [1.165, 1.54) is 48.5 Å². The second-order valence-electron chi connectivity index (χ2n) is 13.7. The standard InChI is InChI=1S/C44H36Cl6N8O6/c1-23(59)39(57-55-33-13-5-11-29(37(33)49)41(61)51-27-9-3-7-25(19-27)15-17-45)43(63)53-35-21-32(48)36(22-31(35)47)54-44(64)40(24(2)60)58-56-34-14-6-12-30(38(34)50)42(62)52-28-10-4-8-26(20-28)16-18-46/h3-14,19-22,39-40H,15-18H2,1-2H3,(H,51,61)(H,52,62)(H,53,63)(H,54,64).